The lowest BCUT2D eigenvalue weighted by atomic mass is 10.0. The van der Waals surface area contributed by atoms with Crippen molar-refractivity contribution in [1.82, 2.24) is 5.43 Å². The second-order valence-electron chi connectivity index (χ2n) is 7.35. The van der Waals surface area contributed by atoms with Gasteiger partial charge in [0.15, 0.2) is 11.5 Å². The molecular formula is C27H22Cl2N2O3. The average Bonchev–Trinajstić information content (AvgIpc) is 2.84. The zero-order chi connectivity index (χ0) is 23.9. The summed E-state index contributed by atoms with van der Waals surface area (Å²) in [6.45, 7) is 2.55. The largest absolute Gasteiger partial charge is 0.490 e. The van der Waals surface area contributed by atoms with Crippen molar-refractivity contribution in [3.8, 4) is 11.5 Å². The minimum Gasteiger partial charge on any atom is -0.490 e. The van der Waals surface area contributed by atoms with Gasteiger partial charge in [0.1, 0.15) is 6.61 Å². The van der Waals surface area contributed by atoms with Crippen molar-refractivity contribution in [3.63, 3.8) is 0 Å². The first-order valence-corrected chi connectivity index (χ1v) is 11.5. The van der Waals surface area contributed by atoms with Crippen LogP contribution in [0.15, 0.2) is 84.0 Å². The van der Waals surface area contributed by atoms with Gasteiger partial charge in [0.05, 0.1) is 12.8 Å². The van der Waals surface area contributed by atoms with Crippen LogP contribution in [0.2, 0.25) is 10.0 Å². The van der Waals surface area contributed by atoms with Crippen molar-refractivity contribution in [2.24, 2.45) is 5.10 Å². The molecule has 0 fully saturated rings. The molecule has 0 spiro atoms. The normalized spacial score (nSPS) is 11.0. The topological polar surface area (TPSA) is 59.9 Å². The Hall–Kier alpha value is -3.54. The van der Waals surface area contributed by atoms with E-state index in [0.29, 0.717) is 39.3 Å². The average molecular weight is 493 g/mol. The van der Waals surface area contributed by atoms with Crippen molar-refractivity contribution in [2.75, 3.05) is 6.61 Å². The van der Waals surface area contributed by atoms with Gasteiger partial charge in [-0.2, -0.15) is 5.10 Å². The Balaban J connectivity index is 1.47. The third-order valence-corrected chi connectivity index (χ3v) is 5.82. The summed E-state index contributed by atoms with van der Waals surface area (Å²) in [6.07, 6.45) is 1.56. The van der Waals surface area contributed by atoms with Crippen LogP contribution in [0.5, 0.6) is 11.5 Å². The van der Waals surface area contributed by atoms with Crippen LogP contribution >= 0.6 is 23.2 Å². The molecule has 0 aromatic heterocycles. The summed E-state index contributed by atoms with van der Waals surface area (Å²) in [6, 6.07) is 24.0. The quantitative estimate of drug-likeness (QED) is 0.215. The van der Waals surface area contributed by atoms with Crippen LogP contribution in [0.25, 0.3) is 10.8 Å². The van der Waals surface area contributed by atoms with E-state index in [9.17, 15) is 4.79 Å². The Bertz CT molecular complexity index is 1330. The summed E-state index contributed by atoms with van der Waals surface area (Å²) >= 11 is 12.5. The van der Waals surface area contributed by atoms with Gasteiger partial charge in [-0.1, -0.05) is 65.7 Å². The number of hydrazone groups is 1. The van der Waals surface area contributed by atoms with Crippen molar-refractivity contribution in [2.45, 2.75) is 13.5 Å². The molecule has 172 valence electrons. The number of halogens is 2. The molecule has 34 heavy (non-hydrogen) atoms. The molecule has 4 aromatic carbocycles. The monoisotopic (exact) mass is 492 g/mol. The van der Waals surface area contributed by atoms with Crippen LogP contribution in [-0.2, 0) is 6.61 Å². The van der Waals surface area contributed by atoms with E-state index < -0.39 is 0 Å². The molecule has 0 saturated carbocycles. The number of ether oxygens (including phenoxy) is 2. The van der Waals surface area contributed by atoms with Gasteiger partial charge >= 0.3 is 0 Å². The lowest BCUT2D eigenvalue weighted by molar-refractivity contribution is 0.0957. The maximum Gasteiger partial charge on any atom is 0.271 e. The number of rotatable bonds is 8. The molecule has 1 amide bonds. The molecule has 4 rings (SSSR count). The summed E-state index contributed by atoms with van der Waals surface area (Å²) in [5.74, 6) is 0.819. The Morgan fingerprint density at radius 1 is 0.912 bits per heavy atom. The first-order valence-electron chi connectivity index (χ1n) is 10.7. The van der Waals surface area contributed by atoms with Gasteiger partial charge in [0.2, 0.25) is 0 Å². The summed E-state index contributed by atoms with van der Waals surface area (Å²) in [5.41, 5.74) is 4.60. The van der Waals surface area contributed by atoms with Gasteiger partial charge in [0.25, 0.3) is 5.91 Å². The van der Waals surface area contributed by atoms with Gasteiger partial charge in [-0.25, -0.2) is 5.43 Å². The molecule has 5 nitrogen and oxygen atoms in total. The second kappa shape index (κ2) is 11.1. The fourth-order valence-corrected chi connectivity index (χ4v) is 3.97. The first kappa shape index (κ1) is 23.6. The highest BCUT2D eigenvalue weighted by Gasteiger charge is 2.11. The van der Waals surface area contributed by atoms with Crippen molar-refractivity contribution >= 4 is 46.1 Å². The maximum atomic E-state index is 12.7. The number of amides is 1. The van der Waals surface area contributed by atoms with Gasteiger partial charge in [-0.15, -0.1) is 0 Å². The molecule has 0 aliphatic heterocycles. The number of carbonyl (C=O) groups excluding carboxylic acids is 1. The van der Waals surface area contributed by atoms with E-state index in [2.05, 4.69) is 10.5 Å². The molecule has 7 heteroatoms. The minimum absolute atomic E-state index is 0.201. The van der Waals surface area contributed by atoms with Crippen molar-refractivity contribution in [3.05, 3.63) is 106 Å². The van der Waals surface area contributed by atoms with E-state index in [1.165, 1.54) is 0 Å². The lowest BCUT2D eigenvalue weighted by Crippen LogP contribution is -2.17. The molecule has 4 aromatic rings. The van der Waals surface area contributed by atoms with E-state index in [1.807, 2.05) is 49.4 Å². The molecule has 0 saturated heterocycles. The highest BCUT2D eigenvalue weighted by atomic mass is 35.5. The first-order chi connectivity index (χ1) is 16.6. The van der Waals surface area contributed by atoms with Gasteiger partial charge in [-0.05, 0) is 59.7 Å². The van der Waals surface area contributed by atoms with Gasteiger partial charge in [0, 0.05) is 21.2 Å². The summed E-state index contributed by atoms with van der Waals surface area (Å²) in [7, 11) is 0. The molecular weight excluding hydrogens is 471 g/mol. The van der Waals surface area contributed by atoms with E-state index >= 15 is 0 Å². The molecule has 0 aliphatic carbocycles. The van der Waals surface area contributed by atoms with Gasteiger partial charge < -0.3 is 9.47 Å². The fourth-order valence-electron chi connectivity index (χ4n) is 3.46. The molecule has 1 N–H and O–H groups in total. The summed E-state index contributed by atoms with van der Waals surface area (Å²) < 4.78 is 11.7. The minimum atomic E-state index is -0.283. The number of hydrogen-bond donors (Lipinski definition) is 1. The van der Waals surface area contributed by atoms with E-state index in [-0.39, 0.29) is 12.5 Å². The Labute approximate surface area is 207 Å². The number of nitrogens with one attached hydrogen (secondary N) is 1. The van der Waals surface area contributed by atoms with Crippen LogP contribution in [0.4, 0.5) is 0 Å². The van der Waals surface area contributed by atoms with Crippen LogP contribution in [-0.4, -0.2) is 18.7 Å². The number of fused-ring (bicyclic) bond motifs is 1. The number of nitrogens with zero attached hydrogens (tertiary/aromatic N) is 1. The van der Waals surface area contributed by atoms with E-state index in [4.69, 9.17) is 32.7 Å². The van der Waals surface area contributed by atoms with Gasteiger partial charge in [-0.3, -0.25) is 4.79 Å². The molecule has 0 bridgehead atoms. The number of carbonyl (C=O) groups is 1. The SMILES string of the molecule is CCOc1cc(/C=N\NC(=O)c2cccc3ccccc23)ccc1OCc1c(Cl)cccc1Cl. The molecule has 0 radical (unpaired) electrons. The summed E-state index contributed by atoms with van der Waals surface area (Å²) in [4.78, 5) is 12.7. The van der Waals surface area contributed by atoms with Crippen LogP contribution in [0, 0.1) is 0 Å². The Morgan fingerprint density at radius 2 is 1.65 bits per heavy atom. The Morgan fingerprint density at radius 3 is 2.44 bits per heavy atom. The molecule has 0 aliphatic rings. The third kappa shape index (κ3) is 5.50. The second-order valence-corrected chi connectivity index (χ2v) is 8.17. The highest BCUT2D eigenvalue weighted by Crippen LogP contribution is 2.31. The van der Waals surface area contributed by atoms with E-state index in [0.717, 1.165) is 16.3 Å². The number of benzene rings is 4. The predicted octanol–water partition coefficient (Wildman–Crippen LogP) is 6.89. The molecule has 0 unspecified atom stereocenters. The standard InChI is InChI=1S/C27H22Cl2N2O3/c1-2-33-26-15-18(13-14-25(26)34-17-22-23(28)11-6-12-24(22)29)16-30-31-27(32)21-10-5-8-19-7-3-4-9-20(19)21/h3-16H,2,17H2,1H3,(H,31,32)/b30-16-. The Kier molecular flexibility index (Phi) is 7.68. The molecule has 0 heterocycles. The summed E-state index contributed by atoms with van der Waals surface area (Å²) in [5, 5.41) is 7.06. The lowest BCUT2D eigenvalue weighted by Gasteiger charge is -2.14. The smallest absolute Gasteiger partial charge is 0.271 e. The predicted molar refractivity (Wildman–Crippen MR) is 137 cm³/mol. The van der Waals surface area contributed by atoms with Crippen molar-refractivity contribution in [1.29, 1.82) is 0 Å². The zero-order valence-corrected chi connectivity index (χ0v) is 19.9. The van der Waals surface area contributed by atoms with Crippen LogP contribution in [0.3, 0.4) is 0 Å². The zero-order valence-electron chi connectivity index (χ0n) is 18.4. The maximum absolute atomic E-state index is 12.7. The highest BCUT2D eigenvalue weighted by molar-refractivity contribution is 6.35. The number of hydrogen-bond acceptors (Lipinski definition) is 4. The third-order valence-electron chi connectivity index (χ3n) is 5.12. The van der Waals surface area contributed by atoms with Crippen molar-refractivity contribution < 1.29 is 14.3 Å². The van der Waals surface area contributed by atoms with Crippen LogP contribution in [0.1, 0.15) is 28.4 Å². The fraction of sp³-hybridized carbons (Fsp3) is 0.111. The van der Waals surface area contributed by atoms with Crippen LogP contribution < -0.4 is 14.9 Å². The molecule has 0 atom stereocenters. The van der Waals surface area contributed by atoms with E-state index in [1.54, 1.807) is 42.6 Å².